The minimum atomic E-state index is -0.434. The van der Waals surface area contributed by atoms with Crippen LogP contribution < -0.4 is 5.46 Å². The smallest absolute Gasteiger partial charge is 0.399 e. The van der Waals surface area contributed by atoms with Crippen LogP contribution in [0.4, 0.5) is 0 Å². The van der Waals surface area contributed by atoms with Gasteiger partial charge in [0, 0.05) is 33.2 Å². The van der Waals surface area contributed by atoms with Crippen LogP contribution in [0.25, 0.3) is 61.7 Å². The maximum Gasteiger partial charge on any atom is 0.494 e. The predicted octanol–water partition coefficient (Wildman–Crippen LogP) is 8.27. The van der Waals surface area contributed by atoms with Gasteiger partial charge < -0.3 is 13.9 Å². The Labute approximate surface area is 268 Å². The molecule has 7 heteroatoms. The average Bonchev–Trinajstić information content (AvgIpc) is 3.54. The van der Waals surface area contributed by atoms with Gasteiger partial charge in [-0.15, -0.1) is 0 Å². The molecule has 0 radical (unpaired) electrons. The summed E-state index contributed by atoms with van der Waals surface area (Å²) in [6.07, 6.45) is 0. The zero-order valence-corrected chi connectivity index (χ0v) is 26.3. The largest absolute Gasteiger partial charge is 0.494 e. The topological polar surface area (TPSA) is 62.1 Å². The summed E-state index contributed by atoms with van der Waals surface area (Å²) >= 11 is 0. The molecule has 0 N–H and O–H groups in total. The molecule has 8 rings (SSSR count). The standard InChI is InChI=1S/C39H33BN4O2/c1-38(2)39(3,4)46-40(45-38)29-23-21-27(22-24-29)36-41-35(26-13-6-5-7-14-26)42-37(43-36)28-15-12-16-30(25-28)44-33-19-10-8-17-31(33)32-18-9-11-20-34(32)44/h5-25H,1-4H3. The molecule has 0 unspecified atom stereocenters. The molecule has 6 nitrogen and oxygen atoms in total. The van der Waals surface area contributed by atoms with Gasteiger partial charge in [-0.1, -0.05) is 103 Å². The Morgan fingerprint density at radius 2 is 0.978 bits per heavy atom. The second-order valence-electron chi connectivity index (χ2n) is 12.8. The van der Waals surface area contributed by atoms with E-state index in [1.165, 1.54) is 10.8 Å². The third-order valence-electron chi connectivity index (χ3n) is 9.30. The van der Waals surface area contributed by atoms with Crippen LogP contribution in [-0.2, 0) is 9.31 Å². The molecule has 1 saturated heterocycles. The van der Waals surface area contributed by atoms with Crippen molar-refractivity contribution in [3.05, 3.63) is 127 Å². The van der Waals surface area contributed by atoms with Crippen molar-refractivity contribution in [1.29, 1.82) is 0 Å². The molecule has 1 aliphatic rings. The molecular formula is C39H33BN4O2. The Morgan fingerprint density at radius 1 is 0.500 bits per heavy atom. The number of hydrogen-bond acceptors (Lipinski definition) is 5. The molecule has 2 aromatic heterocycles. The molecule has 0 spiro atoms. The van der Waals surface area contributed by atoms with Crippen molar-refractivity contribution in [2.45, 2.75) is 38.9 Å². The summed E-state index contributed by atoms with van der Waals surface area (Å²) < 4.78 is 14.9. The van der Waals surface area contributed by atoms with E-state index in [0.717, 1.165) is 38.9 Å². The first kappa shape index (κ1) is 28.4. The van der Waals surface area contributed by atoms with E-state index in [4.69, 9.17) is 24.3 Å². The van der Waals surface area contributed by atoms with Crippen molar-refractivity contribution in [3.63, 3.8) is 0 Å². The molecule has 0 saturated carbocycles. The molecule has 1 fully saturated rings. The molecule has 0 atom stereocenters. The van der Waals surface area contributed by atoms with Gasteiger partial charge in [0.15, 0.2) is 17.5 Å². The molecule has 224 valence electrons. The molecule has 0 amide bonds. The number of nitrogens with zero attached hydrogens (tertiary/aromatic N) is 4. The van der Waals surface area contributed by atoms with E-state index in [-0.39, 0.29) is 0 Å². The van der Waals surface area contributed by atoms with Crippen LogP contribution in [0, 0.1) is 0 Å². The predicted molar refractivity (Wildman–Crippen MR) is 186 cm³/mol. The normalized spacial score (nSPS) is 15.5. The minimum Gasteiger partial charge on any atom is -0.399 e. The Morgan fingerprint density at radius 3 is 1.57 bits per heavy atom. The molecule has 46 heavy (non-hydrogen) atoms. The Hall–Kier alpha value is -5.11. The van der Waals surface area contributed by atoms with Gasteiger partial charge in [0.1, 0.15) is 0 Å². The van der Waals surface area contributed by atoms with Gasteiger partial charge in [-0.25, -0.2) is 15.0 Å². The molecule has 5 aromatic carbocycles. The summed E-state index contributed by atoms with van der Waals surface area (Å²) in [5.74, 6) is 1.84. The van der Waals surface area contributed by atoms with Crippen LogP contribution in [0.5, 0.6) is 0 Å². The first-order chi connectivity index (χ1) is 22.3. The Balaban J connectivity index is 1.23. The lowest BCUT2D eigenvalue weighted by molar-refractivity contribution is 0.00578. The molecule has 3 heterocycles. The number of benzene rings is 5. The molecule has 1 aliphatic heterocycles. The van der Waals surface area contributed by atoms with Gasteiger partial charge in [-0.3, -0.25) is 0 Å². The van der Waals surface area contributed by atoms with Gasteiger partial charge >= 0.3 is 7.12 Å². The Bertz CT molecular complexity index is 2160. The monoisotopic (exact) mass is 600 g/mol. The summed E-state index contributed by atoms with van der Waals surface area (Å²) in [6.45, 7) is 8.26. The maximum absolute atomic E-state index is 6.28. The highest BCUT2D eigenvalue weighted by Gasteiger charge is 2.51. The van der Waals surface area contributed by atoms with Crippen molar-refractivity contribution in [3.8, 4) is 39.9 Å². The van der Waals surface area contributed by atoms with Crippen molar-refractivity contribution in [2.24, 2.45) is 0 Å². The van der Waals surface area contributed by atoms with E-state index in [1.807, 2.05) is 54.6 Å². The van der Waals surface area contributed by atoms with E-state index in [0.29, 0.717) is 17.5 Å². The van der Waals surface area contributed by atoms with E-state index < -0.39 is 18.3 Å². The fraction of sp³-hybridized carbons (Fsp3) is 0.154. The Kier molecular flexibility index (Phi) is 6.64. The van der Waals surface area contributed by atoms with E-state index in [1.54, 1.807) is 0 Å². The summed E-state index contributed by atoms with van der Waals surface area (Å²) in [5, 5.41) is 2.45. The lowest BCUT2D eigenvalue weighted by Crippen LogP contribution is -2.41. The van der Waals surface area contributed by atoms with Crippen LogP contribution in [-0.4, -0.2) is 37.8 Å². The van der Waals surface area contributed by atoms with Crippen LogP contribution in [0.3, 0.4) is 0 Å². The van der Waals surface area contributed by atoms with Crippen LogP contribution >= 0.6 is 0 Å². The number of fused-ring (bicyclic) bond motifs is 3. The van der Waals surface area contributed by atoms with Crippen molar-refractivity contribution in [1.82, 2.24) is 19.5 Å². The zero-order valence-electron chi connectivity index (χ0n) is 26.3. The van der Waals surface area contributed by atoms with E-state index in [9.17, 15) is 0 Å². The molecule has 0 bridgehead atoms. The summed E-state index contributed by atoms with van der Waals surface area (Å²) in [4.78, 5) is 15.0. The van der Waals surface area contributed by atoms with Crippen molar-refractivity contribution in [2.75, 3.05) is 0 Å². The maximum atomic E-state index is 6.28. The number of rotatable bonds is 5. The average molecular weight is 601 g/mol. The van der Waals surface area contributed by atoms with Gasteiger partial charge in [0.2, 0.25) is 0 Å². The van der Waals surface area contributed by atoms with Gasteiger partial charge in [0.25, 0.3) is 0 Å². The van der Waals surface area contributed by atoms with Gasteiger partial charge in [0.05, 0.1) is 22.2 Å². The zero-order chi connectivity index (χ0) is 31.5. The highest BCUT2D eigenvalue weighted by molar-refractivity contribution is 6.62. The number of hydrogen-bond donors (Lipinski definition) is 0. The van der Waals surface area contributed by atoms with Crippen LogP contribution in [0.15, 0.2) is 127 Å². The summed E-state index contributed by atoms with van der Waals surface area (Å²) in [5.41, 5.74) is 6.24. The lowest BCUT2D eigenvalue weighted by Gasteiger charge is -2.32. The minimum absolute atomic E-state index is 0.405. The quantitative estimate of drug-likeness (QED) is 0.186. The highest BCUT2D eigenvalue weighted by Crippen LogP contribution is 2.37. The summed E-state index contributed by atoms with van der Waals surface area (Å²) in [6, 6.07) is 43.7. The second-order valence-corrected chi connectivity index (χ2v) is 12.8. The first-order valence-electron chi connectivity index (χ1n) is 15.6. The van der Waals surface area contributed by atoms with Crippen LogP contribution in [0.1, 0.15) is 27.7 Å². The van der Waals surface area contributed by atoms with Crippen LogP contribution in [0.2, 0.25) is 0 Å². The number of para-hydroxylation sites is 2. The lowest BCUT2D eigenvalue weighted by atomic mass is 9.79. The highest BCUT2D eigenvalue weighted by atomic mass is 16.7. The molecule has 0 aliphatic carbocycles. The van der Waals surface area contributed by atoms with E-state index in [2.05, 4.69) is 105 Å². The molecule has 7 aromatic rings. The summed E-state index contributed by atoms with van der Waals surface area (Å²) in [7, 11) is -0.434. The fourth-order valence-corrected chi connectivity index (χ4v) is 6.10. The van der Waals surface area contributed by atoms with Crippen molar-refractivity contribution >= 4 is 34.4 Å². The second kappa shape index (κ2) is 10.8. The SMILES string of the molecule is CC1(C)OB(c2ccc(-c3nc(-c4ccccc4)nc(-c4cccc(-n5c6ccccc6c6ccccc65)c4)n3)cc2)OC1(C)C. The third kappa shape index (κ3) is 4.80. The molecular weight excluding hydrogens is 567 g/mol. The first-order valence-corrected chi connectivity index (χ1v) is 15.6. The third-order valence-corrected chi connectivity index (χ3v) is 9.30. The fourth-order valence-electron chi connectivity index (χ4n) is 6.10. The van der Waals surface area contributed by atoms with Crippen molar-refractivity contribution < 1.29 is 9.31 Å². The number of aromatic nitrogens is 4. The van der Waals surface area contributed by atoms with Gasteiger partial charge in [-0.05, 0) is 57.4 Å². The van der Waals surface area contributed by atoms with E-state index >= 15 is 0 Å². The van der Waals surface area contributed by atoms with Gasteiger partial charge in [-0.2, -0.15) is 0 Å².